The first-order valence-corrected chi connectivity index (χ1v) is 9.22. The van der Waals surface area contributed by atoms with Crippen LogP contribution in [-0.2, 0) is 14.8 Å². The molecule has 124 valence electrons. The van der Waals surface area contributed by atoms with Crippen LogP contribution in [0.2, 0.25) is 0 Å². The van der Waals surface area contributed by atoms with E-state index in [1.165, 1.54) is 10.6 Å². The third kappa shape index (κ3) is 4.81. The maximum absolute atomic E-state index is 12.3. The van der Waals surface area contributed by atoms with Crippen LogP contribution in [0.5, 0.6) is 0 Å². The Labute approximate surface area is 133 Å². The van der Waals surface area contributed by atoms with E-state index in [0.29, 0.717) is 19.6 Å². The molecule has 0 bridgehead atoms. The largest absolute Gasteiger partial charge is 0.352 e. The minimum atomic E-state index is -3.17. The number of rotatable bonds is 4. The summed E-state index contributed by atoms with van der Waals surface area (Å²) in [6.07, 6.45) is 5.84. The molecule has 6 nitrogen and oxygen atoms in total. The van der Waals surface area contributed by atoms with Crippen molar-refractivity contribution in [2.24, 2.45) is 17.6 Å². The van der Waals surface area contributed by atoms with Crippen molar-refractivity contribution in [2.75, 3.05) is 25.9 Å². The molecule has 1 aliphatic heterocycles. The highest BCUT2D eigenvalue weighted by Gasteiger charge is 2.34. The Morgan fingerprint density at radius 3 is 2.62 bits per heavy atom. The zero-order valence-corrected chi connectivity index (χ0v) is 14.1. The molecule has 2 rings (SSSR count). The lowest BCUT2D eigenvalue weighted by atomic mass is 9.94. The smallest absolute Gasteiger partial charge is 0.223 e. The van der Waals surface area contributed by atoms with E-state index in [2.05, 4.69) is 5.32 Å². The fraction of sp³-hybridized carbons (Fsp3) is 0.923. The van der Waals surface area contributed by atoms with Crippen LogP contribution in [0.3, 0.4) is 0 Å². The molecule has 0 radical (unpaired) electrons. The van der Waals surface area contributed by atoms with Crippen molar-refractivity contribution in [3.05, 3.63) is 0 Å². The molecule has 1 saturated heterocycles. The molecule has 0 spiro atoms. The Morgan fingerprint density at radius 2 is 2.00 bits per heavy atom. The summed E-state index contributed by atoms with van der Waals surface area (Å²) in [5, 5.41) is 3.03. The standard InChI is InChI=1S/C13H25N3O3S.ClH/c1-20(18,19)16-7-3-5-11(9-16)15-13(17)12-6-2-4-10(12)8-14;/h10-12H,2-9,14H2,1H3,(H,15,17);1H/t10-,11?,12-;/m1./s1. The van der Waals surface area contributed by atoms with E-state index in [-0.39, 0.29) is 36.2 Å². The van der Waals surface area contributed by atoms with Gasteiger partial charge >= 0.3 is 0 Å². The van der Waals surface area contributed by atoms with Crippen LogP contribution in [-0.4, -0.2) is 50.6 Å². The second kappa shape index (κ2) is 7.76. The minimum absolute atomic E-state index is 0. The van der Waals surface area contributed by atoms with Crippen LogP contribution in [0.1, 0.15) is 32.1 Å². The molecule has 1 amide bonds. The van der Waals surface area contributed by atoms with E-state index in [9.17, 15) is 13.2 Å². The molecule has 1 saturated carbocycles. The molecule has 0 aromatic heterocycles. The monoisotopic (exact) mass is 339 g/mol. The number of carbonyl (C=O) groups is 1. The predicted octanol–water partition coefficient (Wildman–Crippen LogP) is 0.323. The number of piperidine rings is 1. The second-order valence-corrected chi connectivity index (χ2v) is 7.98. The highest BCUT2D eigenvalue weighted by atomic mass is 35.5. The Morgan fingerprint density at radius 1 is 1.29 bits per heavy atom. The van der Waals surface area contributed by atoms with Gasteiger partial charge in [0.25, 0.3) is 0 Å². The maximum Gasteiger partial charge on any atom is 0.223 e. The van der Waals surface area contributed by atoms with E-state index in [1.54, 1.807) is 0 Å². The van der Waals surface area contributed by atoms with Gasteiger partial charge < -0.3 is 11.1 Å². The molecule has 0 aromatic rings. The van der Waals surface area contributed by atoms with Gasteiger partial charge in [-0.3, -0.25) is 4.79 Å². The van der Waals surface area contributed by atoms with Gasteiger partial charge in [0.2, 0.25) is 15.9 Å². The number of hydrogen-bond donors (Lipinski definition) is 2. The first-order chi connectivity index (χ1) is 9.41. The van der Waals surface area contributed by atoms with E-state index in [4.69, 9.17) is 5.73 Å². The van der Waals surface area contributed by atoms with Gasteiger partial charge in [0, 0.05) is 25.0 Å². The Kier molecular flexibility index (Phi) is 6.90. The van der Waals surface area contributed by atoms with Crippen LogP contribution in [0, 0.1) is 11.8 Å². The van der Waals surface area contributed by atoms with Crippen molar-refractivity contribution in [1.29, 1.82) is 0 Å². The van der Waals surface area contributed by atoms with Gasteiger partial charge in [-0.05, 0) is 38.1 Å². The number of nitrogens with zero attached hydrogens (tertiary/aromatic N) is 1. The summed E-state index contributed by atoms with van der Waals surface area (Å²) in [7, 11) is -3.17. The SMILES string of the molecule is CS(=O)(=O)N1CCCC(NC(=O)[C@@H]2CCC[C@@H]2CN)C1.Cl. The fourth-order valence-corrected chi connectivity index (χ4v) is 4.25. The number of hydrogen-bond acceptors (Lipinski definition) is 4. The first kappa shape index (κ1) is 18.7. The summed E-state index contributed by atoms with van der Waals surface area (Å²) in [6, 6.07) is -0.0648. The summed E-state index contributed by atoms with van der Waals surface area (Å²) < 4.78 is 24.6. The van der Waals surface area contributed by atoms with Gasteiger partial charge in [0.1, 0.15) is 0 Å². The summed E-state index contributed by atoms with van der Waals surface area (Å²) in [5.41, 5.74) is 5.71. The Bertz CT molecular complexity index is 458. The van der Waals surface area contributed by atoms with E-state index >= 15 is 0 Å². The molecule has 2 fully saturated rings. The molecule has 3 atom stereocenters. The number of sulfonamides is 1. The maximum atomic E-state index is 12.3. The van der Waals surface area contributed by atoms with Crippen LogP contribution in [0.25, 0.3) is 0 Å². The molecule has 1 aliphatic carbocycles. The fourth-order valence-electron chi connectivity index (χ4n) is 3.33. The number of carbonyl (C=O) groups excluding carboxylic acids is 1. The molecule has 2 aliphatic rings. The average molecular weight is 340 g/mol. The minimum Gasteiger partial charge on any atom is -0.352 e. The van der Waals surface area contributed by atoms with Crippen molar-refractivity contribution in [2.45, 2.75) is 38.1 Å². The summed E-state index contributed by atoms with van der Waals surface area (Å²) >= 11 is 0. The quantitative estimate of drug-likeness (QED) is 0.771. The van der Waals surface area contributed by atoms with Crippen LogP contribution in [0.15, 0.2) is 0 Å². The van der Waals surface area contributed by atoms with Crippen molar-refractivity contribution in [1.82, 2.24) is 9.62 Å². The van der Waals surface area contributed by atoms with E-state index in [1.807, 2.05) is 0 Å². The molecule has 0 aromatic carbocycles. The van der Waals surface area contributed by atoms with Gasteiger partial charge in [-0.2, -0.15) is 0 Å². The number of amides is 1. The molecule has 8 heteroatoms. The van der Waals surface area contributed by atoms with Gasteiger partial charge in [-0.15, -0.1) is 12.4 Å². The lowest BCUT2D eigenvalue weighted by Crippen LogP contribution is -2.51. The molecular formula is C13H26ClN3O3S. The van der Waals surface area contributed by atoms with Gasteiger partial charge in [-0.25, -0.2) is 12.7 Å². The van der Waals surface area contributed by atoms with Gasteiger partial charge in [0.05, 0.1) is 6.26 Å². The normalized spacial score (nSPS) is 30.7. The van der Waals surface area contributed by atoms with Crippen molar-refractivity contribution in [3.63, 3.8) is 0 Å². The van der Waals surface area contributed by atoms with E-state index < -0.39 is 10.0 Å². The van der Waals surface area contributed by atoms with Crippen molar-refractivity contribution >= 4 is 28.3 Å². The molecule has 21 heavy (non-hydrogen) atoms. The van der Waals surface area contributed by atoms with Crippen LogP contribution < -0.4 is 11.1 Å². The molecule has 1 unspecified atom stereocenters. The summed E-state index contributed by atoms with van der Waals surface area (Å²) in [6.45, 7) is 1.50. The lowest BCUT2D eigenvalue weighted by Gasteiger charge is -2.32. The highest BCUT2D eigenvalue weighted by Crippen LogP contribution is 2.31. The number of nitrogens with one attached hydrogen (secondary N) is 1. The van der Waals surface area contributed by atoms with Crippen LogP contribution >= 0.6 is 12.4 Å². The highest BCUT2D eigenvalue weighted by molar-refractivity contribution is 7.88. The topological polar surface area (TPSA) is 92.5 Å². The molecule has 1 heterocycles. The third-order valence-electron chi connectivity index (χ3n) is 4.50. The predicted molar refractivity (Wildman–Crippen MR) is 84.7 cm³/mol. The molecule has 3 N–H and O–H groups in total. The number of nitrogens with two attached hydrogens (primary N) is 1. The summed E-state index contributed by atoms with van der Waals surface area (Å²) in [4.78, 5) is 12.3. The number of halogens is 1. The van der Waals surface area contributed by atoms with Gasteiger partial charge in [-0.1, -0.05) is 6.42 Å². The summed E-state index contributed by atoms with van der Waals surface area (Å²) in [5.74, 6) is 0.344. The first-order valence-electron chi connectivity index (χ1n) is 7.37. The average Bonchev–Trinajstić information content (AvgIpc) is 2.86. The zero-order valence-electron chi connectivity index (χ0n) is 12.5. The Balaban J connectivity index is 0.00000220. The molecular weight excluding hydrogens is 314 g/mol. The van der Waals surface area contributed by atoms with E-state index in [0.717, 1.165) is 32.1 Å². The second-order valence-electron chi connectivity index (χ2n) is 6.00. The van der Waals surface area contributed by atoms with Crippen molar-refractivity contribution in [3.8, 4) is 0 Å². The Hall–Kier alpha value is -0.370. The lowest BCUT2D eigenvalue weighted by molar-refractivity contribution is -0.126. The third-order valence-corrected chi connectivity index (χ3v) is 5.77. The van der Waals surface area contributed by atoms with Crippen molar-refractivity contribution < 1.29 is 13.2 Å². The zero-order chi connectivity index (χ0) is 14.8. The van der Waals surface area contributed by atoms with Crippen LogP contribution in [0.4, 0.5) is 0 Å². The van der Waals surface area contributed by atoms with Gasteiger partial charge in [0.15, 0.2) is 0 Å².